The first-order valence-electron chi connectivity index (χ1n) is 13.8. The summed E-state index contributed by atoms with van der Waals surface area (Å²) in [5.41, 5.74) is 1.28. The molecular formula is C30H38FN7O3S. The van der Waals surface area contributed by atoms with E-state index in [0.717, 1.165) is 16.6 Å². The molecule has 4 rings (SSSR count). The summed E-state index contributed by atoms with van der Waals surface area (Å²) < 4.78 is 14.8. The Morgan fingerprint density at radius 3 is 2.24 bits per heavy atom. The van der Waals surface area contributed by atoms with E-state index in [9.17, 15) is 18.8 Å². The molecule has 224 valence electrons. The van der Waals surface area contributed by atoms with Gasteiger partial charge in [-0.25, -0.2) is 9.18 Å². The normalized spacial score (nSPS) is 14.4. The highest BCUT2D eigenvalue weighted by Crippen LogP contribution is 2.28. The molecule has 2 aromatic carbocycles. The fourth-order valence-corrected chi connectivity index (χ4v) is 5.15. The molecule has 0 bridgehead atoms. The fourth-order valence-electron chi connectivity index (χ4n) is 4.35. The quantitative estimate of drug-likeness (QED) is 0.365. The third-order valence-corrected chi connectivity index (χ3v) is 7.76. The van der Waals surface area contributed by atoms with Crippen LogP contribution in [-0.2, 0) is 12.0 Å². The van der Waals surface area contributed by atoms with Gasteiger partial charge in [-0.15, -0.1) is 10.2 Å². The van der Waals surface area contributed by atoms with Crippen molar-refractivity contribution in [2.24, 2.45) is 0 Å². The van der Waals surface area contributed by atoms with Gasteiger partial charge in [-0.05, 0) is 56.7 Å². The van der Waals surface area contributed by atoms with Crippen molar-refractivity contribution in [1.29, 1.82) is 0 Å². The van der Waals surface area contributed by atoms with Crippen molar-refractivity contribution >= 4 is 40.0 Å². The lowest BCUT2D eigenvalue weighted by Crippen LogP contribution is -2.48. The van der Waals surface area contributed by atoms with Crippen LogP contribution >= 0.6 is 11.3 Å². The van der Waals surface area contributed by atoms with Gasteiger partial charge in [0.2, 0.25) is 5.13 Å². The van der Waals surface area contributed by atoms with Crippen molar-refractivity contribution in [2.45, 2.75) is 59.0 Å². The third kappa shape index (κ3) is 8.32. The molecule has 2 heterocycles. The molecule has 3 aromatic rings. The lowest BCUT2D eigenvalue weighted by atomic mass is 9.98. The van der Waals surface area contributed by atoms with Crippen LogP contribution < -0.4 is 16.0 Å². The zero-order valence-electron chi connectivity index (χ0n) is 24.9. The number of halogens is 1. The number of carbonyl (C=O) groups is 3. The van der Waals surface area contributed by atoms with Gasteiger partial charge in [-0.2, -0.15) is 0 Å². The molecule has 1 aromatic heterocycles. The second-order valence-corrected chi connectivity index (χ2v) is 13.4. The molecule has 1 aliphatic rings. The Kier molecular flexibility index (Phi) is 9.27. The highest BCUT2D eigenvalue weighted by Gasteiger charge is 2.24. The second-order valence-electron chi connectivity index (χ2n) is 12.4. The minimum Gasteiger partial charge on any atom is -0.347 e. The number of benzene rings is 2. The van der Waals surface area contributed by atoms with Gasteiger partial charge < -0.3 is 15.5 Å². The molecule has 10 nitrogen and oxygen atoms in total. The van der Waals surface area contributed by atoms with Crippen LogP contribution in [0.1, 0.15) is 72.8 Å². The summed E-state index contributed by atoms with van der Waals surface area (Å²) in [6.07, 6.45) is 0. The first-order valence-corrected chi connectivity index (χ1v) is 14.6. The first-order chi connectivity index (χ1) is 19.7. The SMILES string of the molecule is CC(C)(C)NC(=O)c1cccc(CN2CCN(C(=O)c3ccc(NC(=O)Nc4nnc(C(C)(C)C)s4)c(F)c3)CC2)c1. The van der Waals surface area contributed by atoms with Gasteiger partial charge in [0.1, 0.15) is 10.8 Å². The lowest BCUT2D eigenvalue weighted by molar-refractivity contribution is 0.0627. The predicted molar refractivity (Wildman–Crippen MR) is 162 cm³/mol. The minimum atomic E-state index is -0.711. The number of hydrogen-bond acceptors (Lipinski definition) is 7. The number of nitrogens with zero attached hydrogens (tertiary/aromatic N) is 4. The van der Waals surface area contributed by atoms with E-state index in [0.29, 0.717) is 43.4 Å². The van der Waals surface area contributed by atoms with Crippen LogP contribution in [0, 0.1) is 5.82 Å². The number of nitrogens with one attached hydrogen (secondary N) is 3. The standard InChI is InChI=1S/C30H38FN7O3S/c1-29(2,3)26-35-36-28(42-26)33-27(41)32-23-11-10-21(17-22(23)31)25(40)38-14-12-37(13-15-38)18-19-8-7-9-20(16-19)24(39)34-30(4,5)6/h7-11,16-17H,12-15,18H2,1-6H3,(H,34,39)(H2,32,33,36,41). The van der Waals surface area contributed by atoms with Crippen molar-refractivity contribution in [3.63, 3.8) is 0 Å². The van der Waals surface area contributed by atoms with E-state index in [4.69, 9.17) is 0 Å². The number of urea groups is 1. The maximum absolute atomic E-state index is 14.8. The van der Waals surface area contributed by atoms with E-state index in [1.54, 1.807) is 11.0 Å². The molecule has 0 saturated carbocycles. The van der Waals surface area contributed by atoms with Crippen LogP contribution in [0.4, 0.5) is 20.0 Å². The maximum atomic E-state index is 14.8. The van der Waals surface area contributed by atoms with Gasteiger partial charge in [0, 0.05) is 54.8 Å². The Hall–Kier alpha value is -3.90. The monoisotopic (exact) mass is 595 g/mol. The minimum absolute atomic E-state index is 0.0483. The number of aromatic nitrogens is 2. The number of hydrogen-bond donors (Lipinski definition) is 3. The van der Waals surface area contributed by atoms with Gasteiger partial charge in [0.25, 0.3) is 11.8 Å². The van der Waals surface area contributed by atoms with Crippen LogP contribution in [0.5, 0.6) is 0 Å². The number of anilines is 2. The zero-order chi connectivity index (χ0) is 30.7. The highest BCUT2D eigenvalue weighted by molar-refractivity contribution is 7.15. The molecule has 42 heavy (non-hydrogen) atoms. The van der Waals surface area contributed by atoms with Crippen molar-refractivity contribution in [3.05, 3.63) is 70.0 Å². The van der Waals surface area contributed by atoms with Gasteiger partial charge in [-0.3, -0.25) is 19.8 Å². The Balaban J connectivity index is 1.29. The fraction of sp³-hybridized carbons (Fsp3) is 0.433. The molecular weight excluding hydrogens is 557 g/mol. The molecule has 1 saturated heterocycles. The van der Waals surface area contributed by atoms with E-state index in [1.165, 1.54) is 23.5 Å². The smallest absolute Gasteiger partial charge is 0.325 e. The largest absolute Gasteiger partial charge is 0.347 e. The number of rotatable bonds is 6. The summed E-state index contributed by atoms with van der Waals surface area (Å²) in [4.78, 5) is 41.9. The Morgan fingerprint density at radius 1 is 0.905 bits per heavy atom. The second kappa shape index (κ2) is 12.5. The number of amides is 4. The molecule has 0 unspecified atom stereocenters. The van der Waals surface area contributed by atoms with Crippen molar-refractivity contribution in [1.82, 2.24) is 25.3 Å². The summed E-state index contributed by atoms with van der Waals surface area (Å²) >= 11 is 1.25. The van der Waals surface area contributed by atoms with Crippen LogP contribution in [-0.4, -0.2) is 69.6 Å². The van der Waals surface area contributed by atoms with Gasteiger partial charge in [-0.1, -0.05) is 44.2 Å². The zero-order valence-corrected chi connectivity index (χ0v) is 25.7. The Labute approximate surface area is 249 Å². The predicted octanol–water partition coefficient (Wildman–Crippen LogP) is 5.11. The molecule has 1 aliphatic heterocycles. The van der Waals surface area contributed by atoms with Crippen LogP contribution in [0.15, 0.2) is 42.5 Å². The van der Waals surface area contributed by atoms with Gasteiger partial charge >= 0.3 is 6.03 Å². The molecule has 1 fully saturated rings. The molecule has 12 heteroatoms. The van der Waals surface area contributed by atoms with Crippen molar-refractivity contribution in [3.8, 4) is 0 Å². The van der Waals surface area contributed by atoms with E-state index in [1.807, 2.05) is 59.7 Å². The topological polar surface area (TPSA) is 120 Å². The number of carbonyl (C=O) groups excluding carboxylic acids is 3. The Bertz CT molecular complexity index is 1450. The molecule has 4 amide bonds. The van der Waals surface area contributed by atoms with Crippen molar-refractivity contribution in [2.75, 3.05) is 36.8 Å². The van der Waals surface area contributed by atoms with E-state index in [-0.39, 0.29) is 34.0 Å². The average Bonchev–Trinajstić information content (AvgIpc) is 3.38. The summed E-state index contributed by atoms with van der Waals surface area (Å²) in [7, 11) is 0. The number of piperazine rings is 1. The third-order valence-electron chi connectivity index (χ3n) is 6.49. The van der Waals surface area contributed by atoms with Crippen molar-refractivity contribution < 1.29 is 18.8 Å². The molecule has 0 radical (unpaired) electrons. The first kappa shape index (κ1) is 31.0. The lowest BCUT2D eigenvalue weighted by Gasteiger charge is -2.35. The van der Waals surface area contributed by atoms with Crippen LogP contribution in [0.2, 0.25) is 0 Å². The van der Waals surface area contributed by atoms with Gasteiger partial charge in [0.15, 0.2) is 0 Å². The molecule has 0 spiro atoms. The highest BCUT2D eigenvalue weighted by atomic mass is 32.1. The van der Waals surface area contributed by atoms with Crippen LogP contribution in [0.25, 0.3) is 0 Å². The molecule has 0 aliphatic carbocycles. The van der Waals surface area contributed by atoms with E-state index >= 15 is 0 Å². The summed E-state index contributed by atoms with van der Waals surface area (Å²) in [5.74, 6) is -1.09. The average molecular weight is 596 g/mol. The molecule has 3 N–H and O–H groups in total. The Morgan fingerprint density at radius 2 is 1.62 bits per heavy atom. The molecule has 0 atom stereocenters. The van der Waals surface area contributed by atoms with Crippen LogP contribution in [0.3, 0.4) is 0 Å². The maximum Gasteiger partial charge on any atom is 0.325 e. The summed E-state index contributed by atoms with van der Waals surface area (Å²) in [6, 6.07) is 10.9. The summed E-state index contributed by atoms with van der Waals surface area (Å²) in [5, 5.41) is 17.1. The van der Waals surface area contributed by atoms with E-state index in [2.05, 4.69) is 31.0 Å². The van der Waals surface area contributed by atoms with E-state index < -0.39 is 11.8 Å². The van der Waals surface area contributed by atoms with Gasteiger partial charge in [0.05, 0.1) is 5.69 Å². The summed E-state index contributed by atoms with van der Waals surface area (Å²) in [6.45, 7) is 14.7.